The summed E-state index contributed by atoms with van der Waals surface area (Å²) in [5.74, 6) is 0.625. The molecule has 1 N–H and O–H groups in total. The molecule has 2 aromatic rings. The van der Waals surface area contributed by atoms with E-state index in [1.807, 2.05) is 41.3 Å². The fraction of sp³-hybridized carbons (Fsp3) is 0.316. The molecule has 2 aromatic carbocycles. The number of carboxylic acids is 1. The van der Waals surface area contributed by atoms with Crippen molar-refractivity contribution in [2.45, 2.75) is 19.0 Å². The third-order valence-corrected chi connectivity index (χ3v) is 4.44. The maximum Gasteiger partial charge on any atom is 0.326 e. The molecule has 1 atom stereocenters. The molecule has 6 nitrogen and oxygen atoms in total. The van der Waals surface area contributed by atoms with E-state index in [2.05, 4.69) is 0 Å². The summed E-state index contributed by atoms with van der Waals surface area (Å²) in [7, 11) is 4.64. The molecule has 0 radical (unpaired) electrons. The molecule has 1 aliphatic heterocycles. The van der Waals surface area contributed by atoms with Gasteiger partial charge in [0.25, 0.3) is 0 Å². The van der Waals surface area contributed by atoms with Crippen LogP contribution in [-0.4, -0.2) is 38.4 Å². The lowest BCUT2D eigenvalue weighted by Crippen LogP contribution is -2.38. The fourth-order valence-electron chi connectivity index (χ4n) is 3.33. The Morgan fingerprint density at radius 1 is 1.12 bits per heavy atom. The Hall–Kier alpha value is -2.89. The highest BCUT2D eigenvalue weighted by atomic mass is 16.5. The lowest BCUT2D eigenvalue weighted by molar-refractivity contribution is -0.138. The summed E-state index contributed by atoms with van der Waals surface area (Å²) in [6.45, 7) is 0.469. The molecule has 0 saturated heterocycles. The molecule has 0 amide bonds. The number of hydrogen-bond acceptors (Lipinski definition) is 5. The number of benzene rings is 2. The molecule has 25 heavy (non-hydrogen) atoms. The summed E-state index contributed by atoms with van der Waals surface area (Å²) in [6, 6.07) is 10.9. The zero-order valence-electron chi connectivity index (χ0n) is 14.5. The van der Waals surface area contributed by atoms with Crippen LogP contribution in [0.1, 0.15) is 11.1 Å². The van der Waals surface area contributed by atoms with Gasteiger partial charge < -0.3 is 24.2 Å². The van der Waals surface area contributed by atoms with Crippen LogP contribution in [0.2, 0.25) is 0 Å². The minimum absolute atomic E-state index is 0.383. The first kappa shape index (κ1) is 17.0. The van der Waals surface area contributed by atoms with Crippen LogP contribution in [0.15, 0.2) is 36.4 Å². The lowest BCUT2D eigenvalue weighted by atomic mass is 10.1. The van der Waals surface area contributed by atoms with E-state index >= 15 is 0 Å². The van der Waals surface area contributed by atoms with Gasteiger partial charge in [-0.2, -0.15) is 0 Å². The van der Waals surface area contributed by atoms with Gasteiger partial charge in [-0.3, -0.25) is 0 Å². The van der Waals surface area contributed by atoms with Crippen LogP contribution in [-0.2, 0) is 17.8 Å². The minimum Gasteiger partial charge on any atom is -0.493 e. The van der Waals surface area contributed by atoms with Crippen molar-refractivity contribution in [3.63, 3.8) is 0 Å². The molecule has 1 unspecified atom stereocenters. The quantitative estimate of drug-likeness (QED) is 0.870. The third kappa shape index (κ3) is 2.95. The molecule has 0 bridgehead atoms. The lowest BCUT2D eigenvalue weighted by Gasteiger charge is -2.27. The van der Waals surface area contributed by atoms with E-state index in [-0.39, 0.29) is 0 Å². The predicted molar refractivity (Wildman–Crippen MR) is 93.9 cm³/mol. The fourth-order valence-corrected chi connectivity index (χ4v) is 3.33. The van der Waals surface area contributed by atoms with E-state index in [4.69, 9.17) is 14.2 Å². The normalized spacial score (nSPS) is 15.6. The first-order chi connectivity index (χ1) is 12.1. The van der Waals surface area contributed by atoms with Crippen molar-refractivity contribution >= 4 is 11.7 Å². The number of methoxy groups -OCH3 is 3. The van der Waals surface area contributed by atoms with Crippen molar-refractivity contribution in [3.8, 4) is 17.2 Å². The van der Waals surface area contributed by atoms with Crippen LogP contribution in [0.5, 0.6) is 17.2 Å². The highest BCUT2D eigenvalue weighted by molar-refractivity contribution is 5.86. The van der Waals surface area contributed by atoms with Crippen molar-refractivity contribution in [3.05, 3.63) is 47.5 Å². The molecule has 0 saturated carbocycles. The van der Waals surface area contributed by atoms with Crippen LogP contribution in [0.4, 0.5) is 5.69 Å². The Morgan fingerprint density at radius 3 is 2.36 bits per heavy atom. The summed E-state index contributed by atoms with van der Waals surface area (Å²) in [6.07, 6.45) is 0.383. The van der Waals surface area contributed by atoms with E-state index in [1.165, 1.54) is 7.11 Å². The average Bonchev–Trinajstić information content (AvgIpc) is 2.99. The first-order valence-corrected chi connectivity index (χ1v) is 7.95. The predicted octanol–water partition coefficient (Wildman–Crippen LogP) is 2.73. The summed E-state index contributed by atoms with van der Waals surface area (Å²) < 4.78 is 16.4. The Kier molecular flexibility index (Phi) is 4.70. The van der Waals surface area contributed by atoms with Gasteiger partial charge in [0.2, 0.25) is 5.75 Å². The summed E-state index contributed by atoms with van der Waals surface area (Å²) in [5.41, 5.74) is 2.65. The number of ether oxygens (including phenoxy) is 3. The SMILES string of the molecule is COc1cc2c(c(OC)c1OC)N(Cc1ccccc1)C(C(=O)O)C2. The number of anilines is 1. The zero-order valence-corrected chi connectivity index (χ0v) is 14.5. The zero-order chi connectivity index (χ0) is 18.0. The third-order valence-electron chi connectivity index (χ3n) is 4.44. The topological polar surface area (TPSA) is 68.2 Å². The van der Waals surface area contributed by atoms with Gasteiger partial charge in [-0.25, -0.2) is 4.79 Å². The summed E-state index contributed by atoms with van der Waals surface area (Å²) >= 11 is 0. The molecule has 0 spiro atoms. The molecule has 3 rings (SSSR count). The van der Waals surface area contributed by atoms with Gasteiger partial charge in [0.1, 0.15) is 6.04 Å². The number of aliphatic carboxylic acids is 1. The number of hydrogen-bond donors (Lipinski definition) is 1. The molecule has 0 fully saturated rings. The van der Waals surface area contributed by atoms with E-state index < -0.39 is 12.0 Å². The van der Waals surface area contributed by atoms with Crippen LogP contribution < -0.4 is 19.1 Å². The molecule has 132 valence electrons. The molecular formula is C19H21NO5. The van der Waals surface area contributed by atoms with Gasteiger partial charge in [-0.1, -0.05) is 30.3 Å². The van der Waals surface area contributed by atoms with E-state index in [1.54, 1.807) is 14.2 Å². The van der Waals surface area contributed by atoms with Gasteiger partial charge in [0, 0.05) is 13.0 Å². The molecule has 1 aliphatic rings. The van der Waals surface area contributed by atoms with Gasteiger partial charge in [-0.15, -0.1) is 0 Å². The monoisotopic (exact) mass is 343 g/mol. The second kappa shape index (κ2) is 6.93. The highest BCUT2D eigenvalue weighted by Crippen LogP contribution is 2.50. The maximum absolute atomic E-state index is 11.8. The summed E-state index contributed by atoms with van der Waals surface area (Å²) in [4.78, 5) is 13.7. The standard InChI is InChI=1S/C19H21NO5/c1-23-15-10-13-9-14(19(21)22)20(11-12-7-5-4-6-8-12)16(13)18(25-3)17(15)24-2/h4-8,10,14H,9,11H2,1-3H3,(H,21,22). The first-order valence-electron chi connectivity index (χ1n) is 7.95. The Labute approximate surface area is 146 Å². The number of rotatable bonds is 6. The molecule has 0 aromatic heterocycles. The second-order valence-electron chi connectivity index (χ2n) is 5.82. The van der Waals surface area contributed by atoms with E-state index in [0.29, 0.717) is 30.2 Å². The van der Waals surface area contributed by atoms with Crippen LogP contribution in [0.3, 0.4) is 0 Å². The molecule has 0 aliphatic carbocycles. The van der Waals surface area contributed by atoms with Crippen molar-refractivity contribution in [1.82, 2.24) is 0 Å². The summed E-state index contributed by atoms with van der Waals surface area (Å²) in [5, 5.41) is 9.71. The van der Waals surface area contributed by atoms with Gasteiger partial charge in [0.05, 0.1) is 27.0 Å². The number of fused-ring (bicyclic) bond motifs is 1. The molecular weight excluding hydrogens is 322 g/mol. The van der Waals surface area contributed by atoms with Gasteiger partial charge >= 0.3 is 5.97 Å². The van der Waals surface area contributed by atoms with Crippen molar-refractivity contribution in [1.29, 1.82) is 0 Å². The molecule has 1 heterocycles. The van der Waals surface area contributed by atoms with Crippen LogP contribution in [0.25, 0.3) is 0 Å². The Morgan fingerprint density at radius 2 is 1.80 bits per heavy atom. The van der Waals surface area contributed by atoms with E-state index in [9.17, 15) is 9.90 Å². The second-order valence-corrected chi connectivity index (χ2v) is 5.82. The number of nitrogens with zero attached hydrogens (tertiary/aromatic N) is 1. The average molecular weight is 343 g/mol. The van der Waals surface area contributed by atoms with Crippen molar-refractivity contribution < 1.29 is 24.1 Å². The maximum atomic E-state index is 11.8. The number of carbonyl (C=O) groups is 1. The van der Waals surface area contributed by atoms with Crippen molar-refractivity contribution in [2.24, 2.45) is 0 Å². The van der Waals surface area contributed by atoms with Crippen molar-refractivity contribution in [2.75, 3.05) is 26.2 Å². The van der Waals surface area contributed by atoms with Crippen LogP contribution in [0, 0.1) is 0 Å². The van der Waals surface area contributed by atoms with Gasteiger partial charge in [-0.05, 0) is 17.2 Å². The smallest absolute Gasteiger partial charge is 0.326 e. The Balaban J connectivity index is 2.13. The minimum atomic E-state index is -0.868. The van der Waals surface area contributed by atoms with Gasteiger partial charge in [0.15, 0.2) is 11.5 Å². The van der Waals surface area contributed by atoms with Crippen LogP contribution >= 0.6 is 0 Å². The largest absolute Gasteiger partial charge is 0.493 e. The highest BCUT2D eigenvalue weighted by Gasteiger charge is 2.39. The number of carboxylic acid groups (broad SMARTS) is 1. The van der Waals surface area contributed by atoms with E-state index in [0.717, 1.165) is 16.8 Å². The molecule has 6 heteroatoms. The Bertz CT molecular complexity index is 775.